The SMILES string of the molecule is Cc1ccc(S(=O)(=O)CCC(=O)NNc2nc3c4c(ccc3s2)CCCC4)cc1. The molecule has 0 saturated carbocycles. The first-order valence-corrected chi connectivity index (χ1v) is 12.1. The van der Waals surface area contributed by atoms with Crippen molar-refractivity contribution in [3.63, 3.8) is 0 Å². The van der Waals surface area contributed by atoms with Gasteiger partial charge in [-0.05, 0) is 61.9 Å². The quantitative estimate of drug-likeness (QED) is 0.582. The molecule has 0 atom stereocenters. The van der Waals surface area contributed by atoms with Gasteiger partial charge < -0.3 is 0 Å². The van der Waals surface area contributed by atoms with Gasteiger partial charge in [0.25, 0.3) is 0 Å². The van der Waals surface area contributed by atoms with E-state index >= 15 is 0 Å². The molecular formula is C21H23N3O3S2. The number of fused-ring (bicyclic) bond motifs is 3. The average Bonchev–Trinajstić information content (AvgIpc) is 3.15. The van der Waals surface area contributed by atoms with Gasteiger partial charge in [0.05, 0.1) is 20.9 Å². The van der Waals surface area contributed by atoms with Crippen LogP contribution in [0, 0.1) is 6.92 Å². The Bertz CT molecular complexity index is 1150. The number of amides is 1. The molecule has 1 amide bonds. The van der Waals surface area contributed by atoms with Crippen molar-refractivity contribution >= 4 is 42.4 Å². The minimum Gasteiger partial charge on any atom is -0.273 e. The number of hydrogen-bond acceptors (Lipinski definition) is 6. The molecule has 152 valence electrons. The first-order valence-electron chi connectivity index (χ1n) is 9.68. The summed E-state index contributed by atoms with van der Waals surface area (Å²) < 4.78 is 25.8. The van der Waals surface area contributed by atoms with Crippen LogP contribution in [0.3, 0.4) is 0 Å². The highest BCUT2D eigenvalue weighted by Gasteiger charge is 2.18. The number of thiazole rings is 1. The summed E-state index contributed by atoms with van der Waals surface area (Å²) in [6.45, 7) is 1.90. The lowest BCUT2D eigenvalue weighted by atomic mass is 9.91. The molecule has 2 N–H and O–H groups in total. The smallest absolute Gasteiger partial charge is 0.239 e. The maximum Gasteiger partial charge on any atom is 0.239 e. The molecule has 29 heavy (non-hydrogen) atoms. The number of hydrogen-bond donors (Lipinski definition) is 2. The van der Waals surface area contributed by atoms with Crippen LogP contribution in [0.25, 0.3) is 10.2 Å². The number of nitrogens with zero attached hydrogens (tertiary/aromatic N) is 1. The molecule has 0 fully saturated rings. The Morgan fingerprint density at radius 3 is 2.66 bits per heavy atom. The van der Waals surface area contributed by atoms with Gasteiger partial charge >= 0.3 is 0 Å². The van der Waals surface area contributed by atoms with Gasteiger partial charge in [-0.1, -0.05) is 35.1 Å². The van der Waals surface area contributed by atoms with Crippen LogP contribution in [0.2, 0.25) is 0 Å². The molecule has 1 heterocycles. The summed E-state index contributed by atoms with van der Waals surface area (Å²) in [6.07, 6.45) is 4.41. The molecule has 0 radical (unpaired) electrons. The molecule has 4 rings (SSSR count). The molecular weight excluding hydrogens is 406 g/mol. The van der Waals surface area contributed by atoms with Crippen molar-refractivity contribution in [3.8, 4) is 0 Å². The normalized spacial score (nSPS) is 13.8. The minimum absolute atomic E-state index is 0.122. The van der Waals surface area contributed by atoms with E-state index in [1.54, 1.807) is 24.3 Å². The van der Waals surface area contributed by atoms with Crippen LogP contribution in [0.15, 0.2) is 41.3 Å². The number of benzene rings is 2. The molecule has 1 aliphatic carbocycles. The number of carbonyl (C=O) groups is 1. The number of nitrogens with one attached hydrogen (secondary N) is 2. The Morgan fingerprint density at radius 1 is 1.10 bits per heavy atom. The highest BCUT2D eigenvalue weighted by molar-refractivity contribution is 7.91. The Hall–Kier alpha value is -2.45. The highest BCUT2D eigenvalue weighted by Crippen LogP contribution is 2.33. The van der Waals surface area contributed by atoms with Gasteiger partial charge in [-0.2, -0.15) is 0 Å². The molecule has 0 spiro atoms. The molecule has 8 heteroatoms. The van der Waals surface area contributed by atoms with E-state index in [9.17, 15) is 13.2 Å². The summed E-state index contributed by atoms with van der Waals surface area (Å²) in [7, 11) is -3.49. The predicted molar refractivity (Wildman–Crippen MR) is 116 cm³/mol. The van der Waals surface area contributed by atoms with Gasteiger partial charge in [0, 0.05) is 6.42 Å². The number of sulfone groups is 1. The first-order chi connectivity index (χ1) is 13.9. The molecule has 0 saturated heterocycles. The van der Waals surface area contributed by atoms with Crippen LogP contribution >= 0.6 is 11.3 Å². The van der Waals surface area contributed by atoms with Gasteiger partial charge in [0.1, 0.15) is 0 Å². The minimum atomic E-state index is -3.49. The van der Waals surface area contributed by atoms with Crippen LogP contribution in [0.5, 0.6) is 0 Å². The van der Waals surface area contributed by atoms with Gasteiger partial charge in [0.15, 0.2) is 9.84 Å². The fourth-order valence-corrected chi connectivity index (χ4v) is 5.64. The molecule has 2 aromatic carbocycles. The van der Waals surface area contributed by atoms with E-state index in [1.807, 2.05) is 6.92 Å². The monoisotopic (exact) mass is 429 g/mol. The van der Waals surface area contributed by atoms with Gasteiger partial charge in [0.2, 0.25) is 11.0 Å². The van der Waals surface area contributed by atoms with Crippen molar-refractivity contribution in [1.29, 1.82) is 0 Å². The Morgan fingerprint density at radius 2 is 1.86 bits per heavy atom. The van der Waals surface area contributed by atoms with E-state index in [4.69, 9.17) is 0 Å². The number of hydrazine groups is 1. The predicted octanol–water partition coefficient (Wildman–Crippen LogP) is 3.79. The molecule has 1 aliphatic rings. The second kappa shape index (κ2) is 8.12. The second-order valence-corrected chi connectivity index (χ2v) is 10.5. The van der Waals surface area contributed by atoms with E-state index < -0.39 is 9.84 Å². The van der Waals surface area contributed by atoms with Gasteiger partial charge in [-0.3, -0.25) is 15.6 Å². The number of anilines is 1. The summed E-state index contributed by atoms with van der Waals surface area (Å²) in [6, 6.07) is 10.9. The molecule has 3 aromatic rings. The summed E-state index contributed by atoms with van der Waals surface area (Å²) in [5.74, 6) is -0.626. The fraction of sp³-hybridized carbons (Fsp3) is 0.333. The lowest BCUT2D eigenvalue weighted by Crippen LogP contribution is -2.30. The summed E-state index contributed by atoms with van der Waals surface area (Å²) >= 11 is 1.48. The third kappa shape index (κ3) is 4.43. The molecule has 0 aliphatic heterocycles. The van der Waals surface area contributed by atoms with E-state index in [0.29, 0.717) is 5.13 Å². The Kier molecular flexibility index (Phi) is 5.56. The van der Waals surface area contributed by atoms with Gasteiger partial charge in [-0.25, -0.2) is 13.4 Å². The maximum absolute atomic E-state index is 12.4. The van der Waals surface area contributed by atoms with Crippen LogP contribution in [0.4, 0.5) is 5.13 Å². The zero-order valence-corrected chi connectivity index (χ0v) is 17.8. The molecule has 0 unspecified atom stereocenters. The number of aromatic nitrogens is 1. The standard InChI is InChI=1S/C21H23N3O3S2/c1-14-6-9-16(10-7-14)29(26,27)13-12-19(25)23-24-21-22-20-17-5-3-2-4-15(17)8-11-18(20)28-21/h6-11H,2-5,12-13H2,1H3,(H,22,24)(H,23,25). The summed E-state index contributed by atoms with van der Waals surface area (Å²) in [5.41, 5.74) is 10.1. The van der Waals surface area contributed by atoms with Crippen LogP contribution < -0.4 is 10.9 Å². The van der Waals surface area contributed by atoms with E-state index in [0.717, 1.165) is 28.6 Å². The summed E-state index contributed by atoms with van der Waals surface area (Å²) in [5, 5.41) is 0.605. The molecule has 0 bridgehead atoms. The van der Waals surface area contributed by atoms with E-state index in [-0.39, 0.29) is 23.0 Å². The molecule has 6 nitrogen and oxygen atoms in total. The number of aryl methyl sites for hydroxylation is 3. The Labute approximate surface area is 174 Å². The first kappa shape index (κ1) is 19.8. The van der Waals surface area contributed by atoms with Crippen LogP contribution in [-0.2, 0) is 27.5 Å². The van der Waals surface area contributed by atoms with Crippen LogP contribution in [-0.4, -0.2) is 25.1 Å². The lowest BCUT2D eigenvalue weighted by Gasteiger charge is -2.15. The lowest BCUT2D eigenvalue weighted by molar-refractivity contribution is -0.120. The van der Waals surface area contributed by atoms with Gasteiger partial charge in [-0.15, -0.1) is 0 Å². The maximum atomic E-state index is 12.4. The fourth-order valence-electron chi connectivity index (χ4n) is 3.55. The van der Waals surface area contributed by atoms with Crippen molar-refractivity contribution < 1.29 is 13.2 Å². The van der Waals surface area contributed by atoms with Crippen molar-refractivity contribution in [1.82, 2.24) is 10.4 Å². The third-order valence-corrected chi connectivity index (χ3v) is 7.84. The number of rotatable bonds is 6. The zero-order chi connectivity index (χ0) is 20.4. The third-order valence-electron chi connectivity index (χ3n) is 5.17. The average molecular weight is 430 g/mol. The molecule has 1 aromatic heterocycles. The van der Waals surface area contributed by atoms with Crippen molar-refractivity contribution in [3.05, 3.63) is 53.1 Å². The second-order valence-electron chi connectivity index (χ2n) is 7.33. The Balaban J connectivity index is 1.36. The summed E-state index contributed by atoms with van der Waals surface area (Å²) in [4.78, 5) is 17.0. The highest BCUT2D eigenvalue weighted by atomic mass is 32.2. The van der Waals surface area contributed by atoms with Crippen molar-refractivity contribution in [2.45, 2.75) is 43.9 Å². The zero-order valence-electron chi connectivity index (χ0n) is 16.2. The topological polar surface area (TPSA) is 88.2 Å². The van der Waals surface area contributed by atoms with Crippen molar-refractivity contribution in [2.24, 2.45) is 0 Å². The van der Waals surface area contributed by atoms with Crippen molar-refractivity contribution in [2.75, 3.05) is 11.2 Å². The largest absolute Gasteiger partial charge is 0.273 e. The van der Waals surface area contributed by atoms with E-state index in [1.165, 1.54) is 35.3 Å². The number of carbonyl (C=O) groups excluding carboxylic acids is 1. The van der Waals surface area contributed by atoms with E-state index in [2.05, 4.69) is 28.0 Å². The van der Waals surface area contributed by atoms with Crippen LogP contribution in [0.1, 0.15) is 36.0 Å².